The van der Waals surface area contributed by atoms with E-state index in [1.807, 2.05) is 4.68 Å². The molecule has 1 N–H and O–H groups in total. The van der Waals surface area contributed by atoms with Crippen LogP contribution >= 0.6 is 11.8 Å². The number of ether oxygens (including phenoxy) is 1. The molecule has 1 aliphatic rings. The molecule has 0 atom stereocenters. The zero-order valence-electron chi connectivity index (χ0n) is 11.9. The van der Waals surface area contributed by atoms with E-state index in [0.717, 1.165) is 25.8 Å². The normalized spacial score (nSPS) is 14.2. The van der Waals surface area contributed by atoms with Gasteiger partial charge >= 0.3 is 6.01 Å². The summed E-state index contributed by atoms with van der Waals surface area (Å²) >= 11 is 1.31. The average molecular weight is 308 g/mol. The fourth-order valence-electron chi connectivity index (χ4n) is 1.67. The molecule has 112 valence electrons. The summed E-state index contributed by atoms with van der Waals surface area (Å²) in [5.41, 5.74) is 0. The highest BCUT2D eigenvalue weighted by Crippen LogP contribution is 2.37. The van der Waals surface area contributed by atoms with Gasteiger partial charge in [0.15, 0.2) is 0 Å². The van der Waals surface area contributed by atoms with Crippen LogP contribution in [0.1, 0.15) is 32.2 Å². The molecule has 21 heavy (non-hydrogen) atoms. The Morgan fingerprint density at radius 2 is 2.19 bits per heavy atom. The monoisotopic (exact) mass is 308 g/mol. The van der Waals surface area contributed by atoms with Crippen LogP contribution in [0.5, 0.6) is 6.01 Å². The number of hydrogen-bond acceptors (Lipinski definition) is 9. The molecular formula is C11H16N8OS. The van der Waals surface area contributed by atoms with E-state index in [2.05, 4.69) is 42.7 Å². The Bertz CT molecular complexity index is 614. The molecule has 2 aromatic heterocycles. The van der Waals surface area contributed by atoms with Gasteiger partial charge in [0.1, 0.15) is 0 Å². The largest absolute Gasteiger partial charge is 0.467 e. The lowest BCUT2D eigenvalue weighted by atomic mass is 10.5. The van der Waals surface area contributed by atoms with Gasteiger partial charge in [0.05, 0.1) is 13.2 Å². The number of anilines is 1. The van der Waals surface area contributed by atoms with Gasteiger partial charge in [-0.05, 0) is 41.5 Å². The van der Waals surface area contributed by atoms with Gasteiger partial charge in [-0.15, -0.1) is 5.10 Å². The lowest BCUT2D eigenvalue weighted by Crippen LogP contribution is -2.07. The summed E-state index contributed by atoms with van der Waals surface area (Å²) in [6.07, 6.45) is 3.21. The van der Waals surface area contributed by atoms with E-state index in [4.69, 9.17) is 4.74 Å². The number of aromatic nitrogens is 7. The van der Waals surface area contributed by atoms with E-state index < -0.39 is 0 Å². The Morgan fingerprint density at radius 1 is 1.33 bits per heavy atom. The second kappa shape index (κ2) is 6.20. The third-order valence-electron chi connectivity index (χ3n) is 2.85. The van der Waals surface area contributed by atoms with Crippen molar-refractivity contribution in [3.8, 4) is 6.01 Å². The summed E-state index contributed by atoms with van der Waals surface area (Å²) in [6.45, 7) is 2.86. The van der Waals surface area contributed by atoms with Gasteiger partial charge in [-0.1, -0.05) is 6.92 Å². The molecule has 0 aliphatic heterocycles. The van der Waals surface area contributed by atoms with Gasteiger partial charge < -0.3 is 10.1 Å². The van der Waals surface area contributed by atoms with Gasteiger partial charge in [0.2, 0.25) is 16.3 Å². The van der Waals surface area contributed by atoms with Crippen molar-refractivity contribution in [2.75, 3.05) is 19.0 Å². The Hall–Kier alpha value is -1.97. The first kappa shape index (κ1) is 14.0. The topological polar surface area (TPSA) is 104 Å². The van der Waals surface area contributed by atoms with Crippen molar-refractivity contribution in [2.24, 2.45) is 0 Å². The van der Waals surface area contributed by atoms with Crippen LogP contribution in [0.25, 0.3) is 0 Å². The predicted molar refractivity (Wildman–Crippen MR) is 75.4 cm³/mol. The maximum absolute atomic E-state index is 5.11. The van der Waals surface area contributed by atoms with Crippen LogP contribution in [0.4, 0.5) is 5.95 Å². The molecule has 9 nitrogen and oxygen atoms in total. The van der Waals surface area contributed by atoms with E-state index in [1.165, 1.54) is 18.9 Å². The highest BCUT2D eigenvalue weighted by Gasteiger charge is 2.28. The summed E-state index contributed by atoms with van der Waals surface area (Å²) in [5.74, 6) is 0.497. The number of hydrogen-bond donors (Lipinski definition) is 1. The summed E-state index contributed by atoms with van der Waals surface area (Å²) in [6, 6.07) is 0.681. The van der Waals surface area contributed by atoms with Crippen molar-refractivity contribution in [1.29, 1.82) is 0 Å². The molecule has 2 heterocycles. The first-order chi connectivity index (χ1) is 10.3. The molecule has 10 heteroatoms. The Morgan fingerprint density at radius 3 is 2.90 bits per heavy atom. The van der Waals surface area contributed by atoms with E-state index >= 15 is 0 Å². The van der Waals surface area contributed by atoms with E-state index in [0.29, 0.717) is 22.3 Å². The molecule has 0 unspecified atom stereocenters. The summed E-state index contributed by atoms with van der Waals surface area (Å²) in [4.78, 5) is 12.7. The molecule has 0 saturated heterocycles. The highest BCUT2D eigenvalue weighted by molar-refractivity contribution is 7.99. The van der Waals surface area contributed by atoms with Crippen LogP contribution in [-0.4, -0.2) is 48.8 Å². The van der Waals surface area contributed by atoms with Gasteiger partial charge in [0, 0.05) is 6.54 Å². The number of nitrogens with zero attached hydrogens (tertiary/aromatic N) is 7. The summed E-state index contributed by atoms with van der Waals surface area (Å²) < 4.78 is 6.93. The minimum Gasteiger partial charge on any atom is -0.467 e. The molecule has 0 radical (unpaired) electrons. The molecular weight excluding hydrogens is 292 g/mol. The molecule has 0 amide bonds. The third kappa shape index (κ3) is 3.38. The Balaban J connectivity index is 1.81. The van der Waals surface area contributed by atoms with Crippen LogP contribution in [0, 0.1) is 0 Å². The van der Waals surface area contributed by atoms with Crippen LogP contribution in [0.15, 0.2) is 10.3 Å². The first-order valence-electron chi connectivity index (χ1n) is 6.79. The number of rotatable bonds is 7. The Labute approximate surface area is 125 Å². The number of tetrazole rings is 1. The predicted octanol–water partition coefficient (Wildman–Crippen LogP) is 1.17. The van der Waals surface area contributed by atoms with Crippen molar-refractivity contribution in [3.63, 3.8) is 0 Å². The number of methoxy groups -OCH3 is 1. The highest BCUT2D eigenvalue weighted by atomic mass is 32.2. The minimum atomic E-state index is 0.275. The number of nitrogens with one attached hydrogen (secondary N) is 1. The average Bonchev–Trinajstić information content (AvgIpc) is 3.25. The van der Waals surface area contributed by atoms with Gasteiger partial charge in [-0.2, -0.15) is 15.0 Å². The zero-order chi connectivity index (χ0) is 14.7. The molecule has 1 fully saturated rings. The van der Waals surface area contributed by atoms with Crippen molar-refractivity contribution < 1.29 is 4.74 Å². The molecule has 1 aliphatic carbocycles. The van der Waals surface area contributed by atoms with Gasteiger partial charge in [0.25, 0.3) is 0 Å². The molecule has 3 rings (SSSR count). The molecule has 0 aromatic carbocycles. The quantitative estimate of drug-likeness (QED) is 0.807. The lowest BCUT2D eigenvalue weighted by molar-refractivity contribution is 0.373. The lowest BCUT2D eigenvalue weighted by Gasteiger charge is -2.06. The second-order valence-electron chi connectivity index (χ2n) is 4.59. The smallest absolute Gasteiger partial charge is 0.321 e. The fraction of sp³-hybridized carbons (Fsp3) is 0.636. The molecule has 0 bridgehead atoms. The summed E-state index contributed by atoms with van der Waals surface area (Å²) in [5, 5.41) is 16.1. The van der Waals surface area contributed by atoms with Crippen LogP contribution < -0.4 is 10.1 Å². The fourth-order valence-corrected chi connectivity index (χ4v) is 2.45. The first-order valence-corrected chi connectivity index (χ1v) is 7.61. The Kier molecular flexibility index (Phi) is 4.13. The minimum absolute atomic E-state index is 0.275. The van der Waals surface area contributed by atoms with Crippen molar-refractivity contribution in [1.82, 2.24) is 35.2 Å². The van der Waals surface area contributed by atoms with E-state index in [1.54, 1.807) is 0 Å². The van der Waals surface area contributed by atoms with Crippen molar-refractivity contribution in [2.45, 2.75) is 42.5 Å². The molecule has 1 saturated carbocycles. The van der Waals surface area contributed by atoms with Crippen LogP contribution in [0.3, 0.4) is 0 Å². The maximum atomic E-state index is 5.11. The van der Waals surface area contributed by atoms with Crippen molar-refractivity contribution >= 4 is 17.7 Å². The second-order valence-corrected chi connectivity index (χ2v) is 5.53. The molecule has 0 spiro atoms. The third-order valence-corrected chi connectivity index (χ3v) is 3.66. The maximum Gasteiger partial charge on any atom is 0.321 e. The summed E-state index contributed by atoms with van der Waals surface area (Å²) in [7, 11) is 1.53. The van der Waals surface area contributed by atoms with Gasteiger partial charge in [-0.3, -0.25) is 0 Å². The standard InChI is InChI=1S/C11H16N8OS/c1-3-6-12-8-13-9(20-2)15-10(14-8)21-11-16-17-18-19(11)7-4-5-7/h7H,3-6H2,1-2H3,(H,12,13,14,15). The van der Waals surface area contributed by atoms with Crippen LogP contribution in [0.2, 0.25) is 0 Å². The van der Waals surface area contributed by atoms with Crippen molar-refractivity contribution in [3.05, 3.63) is 0 Å². The SMILES string of the molecule is CCCNc1nc(OC)nc(Sc2nnnn2C2CC2)n1. The van der Waals surface area contributed by atoms with Crippen LogP contribution in [-0.2, 0) is 0 Å². The van der Waals surface area contributed by atoms with Gasteiger partial charge in [-0.25, -0.2) is 4.68 Å². The zero-order valence-corrected chi connectivity index (χ0v) is 12.7. The van der Waals surface area contributed by atoms with E-state index in [-0.39, 0.29) is 6.01 Å². The molecule has 2 aromatic rings. The van der Waals surface area contributed by atoms with E-state index in [9.17, 15) is 0 Å².